The Kier molecular flexibility index (Phi) is 4.07. The lowest BCUT2D eigenvalue weighted by Gasteiger charge is -2.09. The fourth-order valence-electron chi connectivity index (χ4n) is 1.30. The first-order valence-corrected chi connectivity index (χ1v) is 7.64. The maximum absolute atomic E-state index is 13.4. The van der Waals surface area contributed by atoms with Gasteiger partial charge >= 0.3 is 0 Å². The Bertz CT molecular complexity index is 724. The number of para-hydroxylation sites is 1. The molecule has 8 heteroatoms. The van der Waals surface area contributed by atoms with E-state index in [0.717, 1.165) is 12.3 Å². The van der Waals surface area contributed by atoms with E-state index in [-0.39, 0.29) is 15.7 Å². The van der Waals surface area contributed by atoms with Crippen LogP contribution < -0.4 is 4.72 Å². The molecule has 1 heterocycles. The quantitative estimate of drug-likeness (QED) is 0.848. The fraction of sp³-hybridized carbons (Fsp3) is 0. The van der Waals surface area contributed by atoms with Crippen LogP contribution in [0.3, 0.4) is 0 Å². The lowest BCUT2D eigenvalue weighted by atomic mass is 10.3. The molecule has 0 aliphatic rings. The zero-order valence-corrected chi connectivity index (χ0v) is 12.4. The molecule has 0 saturated heterocycles. The SMILES string of the molecule is O=S(=O)(Nc1ccccc1F)c1cnc(Cl)c(Br)c1. The summed E-state index contributed by atoms with van der Waals surface area (Å²) in [5.74, 6) is -0.660. The molecule has 1 N–H and O–H groups in total. The minimum absolute atomic E-state index is 0.118. The normalized spacial score (nSPS) is 11.3. The standard InChI is InChI=1S/C11H7BrClFN2O2S/c12-8-5-7(6-15-11(8)13)19(17,18)16-10-4-2-1-3-9(10)14/h1-6,16H. The lowest BCUT2D eigenvalue weighted by Crippen LogP contribution is -2.14. The van der Waals surface area contributed by atoms with Gasteiger partial charge in [0, 0.05) is 6.20 Å². The molecule has 0 saturated carbocycles. The molecule has 1 aromatic heterocycles. The van der Waals surface area contributed by atoms with E-state index in [1.54, 1.807) is 0 Å². The Hall–Kier alpha value is -1.18. The van der Waals surface area contributed by atoms with Crippen LogP contribution in [-0.2, 0) is 10.0 Å². The molecule has 0 radical (unpaired) electrons. The van der Waals surface area contributed by atoms with E-state index in [9.17, 15) is 12.8 Å². The molecule has 0 amide bonds. The molecule has 0 aliphatic carbocycles. The number of hydrogen-bond donors (Lipinski definition) is 1. The first-order chi connectivity index (χ1) is 8.90. The van der Waals surface area contributed by atoms with E-state index < -0.39 is 15.8 Å². The van der Waals surface area contributed by atoms with Crippen LogP contribution in [0.1, 0.15) is 0 Å². The van der Waals surface area contributed by atoms with Gasteiger partial charge in [0.05, 0.1) is 10.2 Å². The van der Waals surface area contributed by atoms with Crippen molar-refractivity contribution in [2.24, 2.45) is 0 Å². The van der Waals surface area contributed by atoms with Crippen molar-refractivity contribution < 1.29 is 12.8 Å². The number of benzene rings is 1. The highest BCUT2D eigenvalue weighted by Gasteiger charge is 2.17. The summed E-state index contributed by atoms with van der Waals surface area (Å²) < 4.78 is 40.0. The van der Waals surface area contributed by atoms with Crippen molar-refractivity contribution in [3.63, 3.8) is 0 Å². The Labute approximate surface area is 122 Å². The van der Waals surface area contributed by atoms with Gasteiger partial charge in [-0.25, -0.2) is 17.8 Å². The van der Waals surface area contributed by atoms with Gasteiger partial charge in [-0.05, 0) is 34.1 Å². The summed E-state index contributed by atoms with van der Waals surface area (Å²) >= 11 is 8.76. The number of hydrogen-bond acceptors (Lipinski definition) is 3. The van der Waals surface area contributed by atoms with Crippen LogP contribution in [0.4, 0.5) is 10.1 Å². The second kappa shape index (κ2) is 5.44. The number of anilines is 1. The highest BCUT2D eigenvalue weighted by atomic mass is 79.9. The molecule has 0 atom stereocenters. The first kappa shape index (κ1) is 14.2. The second-order valence-corrected chi connectivity index (χ2v) is 6.42. The van der Waals surface area contributed by atoms with E-state index in [2.05, 4.69) is 25.6 Å². The van der Waals surface area contributed by atoms with Crippen molar-refractivity contribution in [2.75, 3.05) is 4.72 Å². The summed E-state index contributed by atoms with van der Waals surface area (Å²) in [5.41, 5.74) is -0.131. The van der Waals surface area contributed by atoms with Crippen molar-refractivity contribution in [1.82, 2.24) is 4.98 Å². The first-order valence-electron chi connectivity index (χ1n) is 4.98. The minimum Gasteiger partial charge on any atom is -0.277 e. The van der Waals surface area contributed by atoms with Crippen molar-refractivity contribution in [1.29, 1.82) is 0 Å². The molecule has 0 aliphatic heterocycles. The van der Waals surface area contributed by atoms with Gasteiger partial charge in [-0.15, -0.1) is 0 Å². The maximum atomic E-state index is 13.4. The summed E-state index contributed by atoms with van der Waals surface area (Å²) in [6.07, 6.45) is 1.09. The number of sulfonamides is 1. The summed E-state index contributed by atoms with van der Waals surface area (Å²) in [7, 11) is -3.92. The number of aromatic nitrogens is 1. The Morgan fingerprint density at radius 1 is 1.32 bits per heavy atom. The van der Waals surface area contributed by atoms with E-state index in [0.29, 0.717) is 4.47 Å². The van der Waals surface area contributed by atoms with Crippen LogP contribution in [0, 0.1) is 5.82 Å². The van der Waals surface area contributed by atoms with Gasteiger partial charge < -0.3 is 0 Å². The number of rotatable bonds is 3. The Balaban J connectivity index is 2.38. The van der Waals surface area contributed by atoms with Crippen LogP contribution >= 0.6 is 27.5 Å². The second-order valence-electron chi connectivity index (χ2n) is 3.53. The average Bonchev–Trinajstić information content (AvgIpc) is 2.35. The van der Waals surface area contributed by atoms with Crippen LogP contribution in [-0.4, -0.2) is 13.4 Å². The zero-order chi connectivity index (χ0) is 14.0. The molecule has 2 rings (SSSR count). The largest absolute Gasteiger partial charge is 0.277 e. The van der Waals surface area contributed by atoms with Crippen molar-refractivity contribution in [2.45, 2.75) is 4.90 Å². The van der Waals surface area contributed by atoms with Crippen molar-refractivity contribution in [3.05, 3.63) is 52.0 Å². The number of nitrogens with zero attached hydrogens (tertiary/aromatic N) is 1. The van der Waals surface area contributed by atoms with E-state index in [4.69, 9.17) is 11.6 Å². The Morgan fingerprint density at radius 3 is 2.63 bits per heavy atom. The topological polar surface area (TPSA) is 59.1 Å². The molecule has 0 bridgehead atoms. The average molecular weight is 366 g/mol. The van der Waals surface area contributed by atoms with Crippen LogP contribution in [0.15, 0.2) is 45.9 Å². The van der Waals surface area contributed by atoms with Crippen molar-refractivity contribution in [3.8, 4) is 0 Å². The summed E-state index contributed by atoms with van der Waals surface area (Å²) in [6.45, 7) is 0. The molecule has 19 heavy (non-hydrogen) atoms. The molecule has 1 aromatic carbocycles. The lowest BCUT2D eigenvalue weighted by molar-refractivity contribution is 0.598. The van der Waals surface area contributed by atoms with Gasteiger partial charge in [-0.3, -0.25) is 4.72 Å². The molecule has 0 fully saturated rings. The van der Waals surface area contributed by atoms with E-state index in [1.807, 2.05) is 0 Å². The smallest absolute Gasteiger partial charge is 0.263 e. The van der Waals surface area contributed by atoms with Crippen LogP contribution in [0.25, 0.3) is 0 Å². The molecule has 0 unspecified atom stereocenters. The molecule has 0 spiro atoms. The monoisotopic (exact) mass is 364 g/mol. The third kappa shape index (κ3) is 3.23. The highest BCUT2D eigenvalue weighted by molar-refractivity contribution is 9.10. The zero-order valence-electron chi connectivity index (χ0n) is 9.27. The Morgan fingerprint density at radius 2 is 2.00 bits per heavy atom. The van der Waals surface area contributed by atoms with Crippen LogP contribution in [0.5, 0.6) is 0 Å². The summed E-state index contributed by atoms with van der Waals surface area (Å²) in [6, 6.07) is 6.77. The molecular formula is C11H7BrClFN2O2S. The number of halogens is 3. The van der Waals surface area contributed by atoms with Gasteiger partial charge in [0.2, 0.25) is 0 Å². The van der Waals surface area contributed by atoms with E-state index >= 15 is 0 Å². The molecular weight excluding hydrogens is 359 g/mol. The van der Waals surface area contributed by atoms with Gasteiger partial charge in [-0.1, -0.05) is 23.7 Å². The van der Waals surface area contributed by atoms with Crippen LogP contribution in [0.2, 0.25) is 5.15 Å². The van der Waals surface area contributed by atoms with Gasteiger partial charge in [-0.2, -0.15) is 0 Å². The highest BCUT2D eigenvalue weighted by Crippen LogP contribution is 2.24. The van der Waals surface area contributed by atoms with E-state index in [1.165, 1.54) is 24.3 Å². The van der Waals surface area contributed by atoms with Gasteiger partial charge in [0.15, 0.2) is 0 Å². The number of nitrogens with one attached hydrogen (secondary N) is 1. The van der Waals surface area contributed by atoms with Gasteiger partial charge in [0.1, 0.15) is 15.9 Å². The summed E-state index contributed by atoms with van der Waals surface area (Å²) in [4.78, 5) is 3.60. The molecule has 4 nitrogen and oxygen atoms in total. The van der Waals surface area contributed by atoms with Gasteiger partial charge in [0.25, 0.3) is 10.0 Å². The minimum atomic E-state index is -3.92. The van der Waals surface area contributed by atoms with Crippen molar-refractivity contribution >= 4 is 43.2 Å². The maximum Gasteiger partial charge on any atom is 0.263 e. The molecule has 100 valence electrons. The third-order valence-electron chi connectivity index (χ3n) is 2.20. The summed E-state index contributed by atoms with van der Waals surface area (Å²) in [5, 5.41) is 0.143. The predicted molar refractivity (Wildman–Crippen MR) is 74.2 cm³/mol. The third-order valence-corrected chi connectivity index (χ3v) is 4.67. The predicted octanol–water partition coefficient (Wildman–Crippen LogP) is 3.44. The number of pyridine rings is 1. The fourth-order valence-corrected chi connectivity index (χ4v) is 2.94. The molecule has 2 aromatic rings.